The van der Waals surface area contributed by atoms with Gasteiger partial charge in [-0.25, -0.2) is 17.9 Å². The van der Waals surface area contributed by atoms with Gasteiger partial charge in [0.15, 0.2) is 0 Å². The van der Waals surface area contributed by atoms with Crippen LogP contribution in [0.5, 0.6) is 0 Å². The molecular weight excluding hydrogens is 286 g/mol. The monoisotopic (exact) mass is 301 g/mol. The van der Waals surface area contributed by atoms with Gasteiger partial charge in [0.25, 0.3) is 0 Å². The highest BCUT2D eigenvalue weighted by molar-refractivity contribution is 7.99. The van der Waals surface area contributed by atoms with Crippen molar-refractivity contribution in [1.29, 1.82) is 0 Å². The van der Waals surface area contributed by atoms with Crippen molar-refractivity contribution in [3.05, 3.63) is 35.4 Å². The van der Waals surface area contributed by atoms with Crippen LogP contribution in [0.15, 0.2) is 24.3 Å². The third-order valence-corrected chi connectivity index (χ3v) is 5.40. The molecule has 1 aliphatic heterocycles. The van der Waals surface area contributed by atoms with E-state index in [1.165, 1.54) is 24.3 Å². The number of rotatable bonds is 5. The second kappa shape index (κ2) is 5.94. The van der Waals surface area contributed by atoms with Crippen LogP contribution in [-0.4, -0.2) is 37.0 Å². The molecule has 19 heavy (non-hydrogen) atoms. The molecule has 0 bridgehead atoms. The van der Waals surface area contributed by atoms with Crippen molar-refractivity contribution < 1.29 is 18.3 Å². The number of carboxylic acid groups (broad SMARTS) is 1. The molecule has 1 saturated heterocycles. The van der Waals surface area contributed by atoms with E-state index in [1.807, 2.05) is 0 Å². The van der Waals surface area contributed by atoms with Crippen molar-refractivity contribution in [2.75, 3.05) is 11.5 Å². The molecule has 0 radical (unpaired) electrons. The molecule has 1 unspecified atom stereocenters. The summed E-state index contributed by atoms with van der Waals surface area (Å²) in [6.07, 6.45) is 0.863. The molecule has 0 aliphatic carbocycles. The molecule has 5 nitrogen and oxygen atoms in total. The smallest absolute Gasteiger partial charge is 0.335 e. The maximum absolute atomic E-state index is 11.9. The number of carbonyl (C=O) groups is 1. The van der Waals surface area contributed by atoms with Crippen LogP contribution in [0.2, 0.25) is 0 Å². The molecule has 0 aromatic heterocycles. The van der Waals surface area contributed by atoms with Crippen LogP contribution in [0.25, 0.3) is 0 Å². The summed E-state index contributed by atoms with van der Waals surface area (Å²) in [5.41, 5.74) is 0.740. The first-order valence-corrected chi connectivity index (χ1v) is 8.67. The highest BCUT2D eigenvalue weighted by atomic mass is 32.2. The van der Waals surface area contributed by atoms with E-state index in [2.05, 4.69) is 4.72 Å². The average molecular weight is 301 g/mol. The van der Waals surface area contributed by atoms with Crippen LogP contribution in [0, 0.1) is 0 Å². The Bertz CT molecular complexity index is 548. The first kappa shape index (κ1) is 14.4. The summed E-state index contributed by atoms with van der Waals surface area (Å²) in [6.45, 7) is 0. The summed E-state index contributed by atoms with van der Waals surface area (Å²) in [4.78, 5) is 10.7. The molecule has 1 fully saturated rings. The molecule has 0 amide bonds. The predicted molar refractivity (Wildman–Crippen MR) is 74.9 cm³/mol. The van der Waals surface area contributed by atoms with Gasteiger partial charge < -0.3 is 5.11 Å². The van der Waals surface area contributed by atoms with Crippen molar-refractivity contribution in [2.45, 2.75) is 18.2 Å². The first-order chi connectivity index (χ1) is 8.96. The number of nitrogens with one attached hydrogen (secondary N) is 1. The van der Waals surface area contributed by atoms with Gasteiger partial charge >= 0.3 is 5.97 Å². The number of sulfonamides is 1. The van der Waals surface area contributed by atoms with Crippen LogP contribution < -0.4 is 4.72 Å². The van der Waals surface area contributed by atoms with Crippen LogP contribution in [0.1, 0.15) is 22.3 Å². The Morgan fingerprint density at radius 2 is 2.05 bits per heavy atom. The lowest BCUT2D eigenvalue weighted by atomic mass is 10.1. The lowest BCUT2D eigenvalue weighted by molar-refractivity contribution is 0.0697. The van der Waals surface area contributed by atoms with Crippen molar-refractivity contribution in [3.8, 4) is 0 Å². The molecule has 2 rings (SSSR count). The zero-order chi connectivity index (χ0) is 13.9. The SMILES string of the molecule is O=C(O)c1ccc(CS(=O)(=O)NC2CCSC2)cc1. The Labute approximate surface area is 116 Å². The van der Waals surface area contributed by atoms with Gasteiger partial charge in [0.2, 0.25) is 10.0 Å². The fourth-order valence-electron chi connectivity index (χ4n) is 1.89. The topological polar surface area (TPSA) is 83.5 Å². The predicted octanol–water partition coefficient (Wildman–Crippen LogP) is 1.31. The molecule has 1 heterocycles. The zero-order valence-electron chi connectivity index (χ0n) is 10.2. The van der Waals surface area contributed by atoms with E-state index >= 15 is 0 Å². The van der Waals surface area contributed by atoms with Gasteiger partial charge in [-0.05, 0) is 29.9 Å². The van der Waals surface area contributed by atoms with Crippen molar-refractivity contribution in [1.82, 2.24) is 4.72 Å². The average Bonchev–Trinajstić information content (AvgIpc) is 2.81. The van der Waals surface area contributed by atoms with E-state index in [1.54, 1.807) is 11.8 Å². The van der Waals surface area contributed by atoms with Crippen LogP contribution in [0.3, 0.4) is 0 Å². The number of hydrogen-bond donors (Lipinski definition) is 2. The summed E-state index contributed by atoms with van der Waals surface area (Å²) < 4.78 is 26.6. The van der Waals surface area contributed by atoms with Gasteiger partial charge in [-0.2, -0.15) is 11.8 Å². The lowest BCUT2D eigenvalue weighted by Crippen LogP contribution is -2.35. The molecule has 1 aliphatic rings. The van der Waals surface area contributed by atoms with Crippen LogP contribution in [0.4, 0.5) is 0 Å². The van der Waals surface area contributed by atoms with Crippen molar-refractivity contribution in [3.63, 3.8) is 0 Å². The number of benzene rings is 1. The van der Waals surface area contributed by atoms with Gasteiger partial charge in [-0.15, -0.1) is 0 Å². The normalized spacial score (nSPS) is 19.5. The fourth-order valence-corrected chi connectivity index (χ4v) is 4.57. The molecule has 7 heteroatoms. The molecule has 1 aromatic rings. The van der Waals surface area contributed by atoms with E-state index in [-0.39, 0.29) is 17.4 Å². The van der Waals surface area contributed by atoms with E-state index < -0.39 is 16.0 Å². The third kappa shape index (κ3) is 4.22. The third-order valence-electron chi connectivity index (χ3n) is 2.83. The Morgan fingerprint density at radius 1 is 1.37 bits per heavy atom. The Balaban J connectivity index is 2.00. The zero-order valence-corrected chi connectivity index (χ0v) is 11.8. The van der Waals surface area contributed by atoms with Gasteiger partial charge in [0.1, 0.15) is 0 Å². The second-order valence-corrected chi connectivity index (χ2v) is 7.34. The fraction of sp³-hybridized carbons (Fsp3) is 0.417. The van der Waals surface area contributed by atoms with Gasteiger partial charge in [0, 0.05) is 11.8 Å². The Hall–Kier alpha value is -1.05. The first-order valence-electron chi connectivity index (χ1n) is 5.86. The largest absolute Gasteiger partial charge is 0.478 e. The minimum absolute atomic E-state index is 0.0216. The van der Waals surface area contributed by atoms with E-state index in [0.717, 1.165) is 17.9 Å². The van der Waals surface area contributed by atoms with Gasteiger partial charge in [0.05, 0.1) is 11.3 Å². The molecule has 1 aromatic carbocycles. The quantitative estimate of drug-likeness (QED) is 0.856. The second-order valence-electron chi connectivity index (χ2n) is 4.44. The number of carboxylic acids is 1. The number of thioether (sulfide) groups is 1. The minimum Gasteiger partial charge on any atom is -0.478 e. The van der Waals surface area contributed by atoms with Crippen molar-refractivity contribution in [2.24, 2.45) is 0 Å². The highest BCUT2D eigenvalue weighted by Gasteiger charge is 2.21. The van der Waals surface area contributed by atoms with Gasteiger partial charge in [-0.1, -0.05) is 12.1 Å². The van der Waals surface area contributed by atoms with Crippen molar-refractivity contribution >= 4 is 27.8 Å². The van der Waals surface area contributed by atoms with Gasteiger partial charge in [-0.3, -0.25) is 0 Å². The van der Waals surface area contributed by atoms with Crippen LogP contribution >= 0.6 is 11.8 Å². The maximum Gasteiger partial charge on any atom is 0.335 e. The number of aromatic carboxylic acids is 1. The highest BCUT2D eigenvalue weighted by Crippen LogP contribution is 2.18. The Kier molecular flexibility index (Phi) is 4.49. The summed E-state index contributed by atoms with van der Waals surface area (Å²) in [6, 6.07) is 5.92. The molecule has 1 atom stereocenters. The Morgan fingerprint density at radius 3 is 2.58 bits per heavy atom. The summed E-state index contributed by atoms with van der Waals surface area (Å²) in [5, 5.41) is 8.77. The minimum atomic E-state index is -3.36. The van der Waals surface area contributed by atoms with Crippen LogP contribution in [-0.2, 0) is 15.8 Å². The summed E-state index contributed by atoms with van der Waals surface area (Å²) in [7, 11) is -3.36. The summed E-state index contributed by atoms with van der Waals surface area (Å²) in [5.74, 6) is 0.668. The standard InChI is InChI=1S/C12H15NO4S2/c14-12(15)10-3-1-9(2-4-10)8-19(16,17)13-11-5-6-18-7-11/h1-4,11,13H,5-8H2,(H,14,15). The molecule has 104 valence electrons. The molecule has 0 spiro atoms. The number of hydrogen-bond acceptors (Lipinski definition) is 4. The van der Waals surface area contributed by atoms with E-state index in [9.17, 15) is 13.2 Å². The molecule has 0 saturated carbocycles. The molecular formula is C12H15NO4S2. The molecule has 2 N–H and O–H groups in total. The van der Waals surface area contributed by atoms with E-state index in [0.29, 0.717) is 5.56 Å². The van der Waals surface area contributed by atoms with E-state index in [4.69, 9.17) is 5.11 Å². The lowest BCUT2D eigenvalue weighted by Gasteiger charge is -2.11. The summed E-state index contributed by atoms with van der Waals surface area (Å²) >= 11 is 1.74. The maximum atomic E-state index is 11.9.